The molecule has 4 nitrogen and oxygen atoms in total. The zero-order valence-corrected chi connectivity index (χ0v) is 10.3. The molecule has 0 unspecified atom stereocenters. The molecule has 0 radical (unpaired) electrons. The Kier molecular flexibility index (Phi) is 5.42. The van der Waals surface area contributed by atoms with E-state index in [0.717, 1.165) is 23.7 Å². The zero-order valence-electron chi connectivity index (χ0n) is 9.50. The monoisotopic (exact) mass is 230 g/mol. The molecule has 5 heteroatoms. The highest BCUT2D eigenvalue weighted by atomic mass is 32.1. The first kappa shape index (κ1) is 12.3. The number of nitrogens with zero attached hydrogens (tertiary/aromatic N) is 1. The molecule has 0 fully saturated rings. The van der Waals surface area contributed by atoms with Gasteiger partial charge < -0.3 is 14.8 Å². The van der Waals surface area contributed by atoms with Crippen molar-refractivity contribution in [2.24, 2.45) is 0 Å². The fourth-order valence-corrected chi connectivity index (χ4v) is 1.96. The Balaban J connectivity index is 2.53. The summed E-state index contributed by atoms with van der Waals surface area (Å²) in [7, 11) is 3.28. The van der Waals surface area contributed by atoms with Crippen molar-refractivity contribution in [3.05, 3.63) is 5.56 Å². The van der Waals surface area contributed by atoms with E-state index in [2.05, 4.69) is 16.6 Å². The van der Waals surface area contributed by atoms with E-state index in [4.69, 9.17) is 9.47 Å². The van der Waals surface area contributed by atoms with E-state index in [0.29, 0.717) is 5.88 Å². The molecule has 0 atom stereocenters. The molecule has 0 aromatic carbocycles. The second-order valence-corrected chi connectivity index (χ2v) is 3.93. The van der Waals surface area contributed by atoms with E-state index in [9.17, 15) is 0 Å². The number of hydrogen-bond donors (Lipinski definition) is 1. The molecule has 1 rings (SSSR count). The largest absolute Gasteiger partial charge is 0.486 e. The first-order valence-electron chi connectivity index (χ1n) is 5.10. The molecule has 0 aliphatic heterocycles. The Bertz CT molecular complexity index is 267. The van der Waals surface area contributed by atoms with Crippen LogP contribution in [0.25, 0.3) is 0 Å². The predicted molar refractivity (Wildman–Crippen MR) is 61.8 cm³/mol. The Morgan fingerprint density at radius 2 is 2.13 bits per heavy atom. The molecule has 0 saturated heterocycles. The van der Waals surface area contributed by atoms with Crippen LogP contribution < -0.4 is 14.8 Å². The highest BCUT2D eigenvalue weighted by Crippen LogP contribution is 2.31. The lowest BCUT2D eigenvalue weighted by Gasteiger charge is -2.05. The lowest BCUT2D eigenvalue weighted by molar-refractivity contribution is 0.385. The third-order valence-electron chi connectivity index (χ3n) is 2.10. The van der Waals surface area contributed by atoms with E-state index < -0.39 is 0 Å². The topological polar surface area (TPSA) is 43.4 Å². The molecule has 0 aliphatic rings. The summed E-state index contributed by atoms with van der Waals surface area (Å²) in [6.45, 7) is 3.94. The summed E-state index contributed by atoms with van der Waals surface area (Å²) in [5.41, 5.74) is 1.01. The van der Waals surface area contributed by atoms with Gasteiger partial charge in [0.2, 0.25) is 10.9 Å². The van der Waals surface area contributed by atoms with E-state index in [1.165, 1.54) is 24.4 Å². The van der Waals surface area contributed by atoms with Gasteiger partial charge in [-0.15, -0.1) is 0 Å². The SMILES string of the molecule is CCCCNCc1c(OC)nsc1OC. The molecule has 0 bridgehead atoms. The highest BCUT2D eigenvalue weighted by molar-refractivity contribution is 7.08. The predicted octanol–water partition coefficient (Wildman–Crippen LogP) is 2.05. The zero-order chi connectivity index (χ0) is 11.1. The Labute approximate surface area is 94.8 Å². The smallest absolute Gasteiger partial charge is 0.233 e. The third kappa shape index (κ3) is 3.35. The van der Waals surface area contributed by atoms with E-state index >= 15 is 0 Å². The summed E-state index contributed by atoms with van der Waals surface area (Å²) in [6.07, 6.45) is 2.38. The summed E-state index contributed by atoms with van der Waals surface area (Å²) in [5.74, 6) is 0.667. The Morgan fingerprint density at radius 1 is 1.33 bits per heavy atom. The van der Waals surface area contributed by atoms with Gasteiger partial charge in [0.15, 0.2) is 0 Å². The molecule has 0 amide bonds. The quantitative estimate of drug-likeness (QED) is 0.728. The number of ether oxygens (including phenoxy) is 2. The van der Waals surface area contributed by atoms with Crippen LogP contribution in [0.4, 0.5) is 0 Å². The lowest BCUT2D eigenvalue weighted by atomic mass is 10.3. The van der Waals surface area contributed by atoms with Crippen molar-refractivity contribution in [2.75, 3.05) is 20.8 Å². The summed E-state index contributed by atoms with van der Waals surface area (Å²) in [6, 6.07) is 0. The molecular formula is C10H18N2O2S. The molecule has 0 saturated carbocycles. The number of methoxy groups -OCH3 is 2. The summed E-state index contributed by atoms with van der Waals surface area (Å²) in [5, 5.41) is 4.17. The van der Waals surface area contributed by atoms with Gasteiger partial charge in [-0.3, -0.25) is 0 Å². The minimum Gasteiger partial charge on any atom is -0.486 e. The number of aromatic nitrogens is 1. The number of nitrogens with one attached hydrogen (secondary N) is 1. The average Bonchev–Trinajstić information content (AvgIpc) is 2.66. The van der Waals surface area contributed by atoms with Gasteiger partial charge >= 0.3 is 0 Å². The number of hydrogen-bond acceptors (Lipinski definition) is 5. The molecule has 15 heavy (non-hydrogen) atoms. The molecule has 0 spiro atoms. The van der Waals surface area contributed by atoms with Gasteiger partial charge in [-0.25, -0.2) is 0 Å². The van der Waals surface area contributed by atoms with Crippen LogP contribution in [0.1, 0.15) is 25.3 Å². The van der Waals surface area contributed by atoms with E-state index in [1.807, 2.05) is 0 Å². The second-order valence-electron chi connectivity index (χ2n) is 3.19. The fourth-order valence-electron chi connectivity index (χ4n) is 1.26. The van der Waals surface area contributed by atoms with Gasteiger partial charge in [0.1, 0.15) is 0 Å². The summed E-state index contributed by atoms with van der Waals surface area (Å²) >= 11 is 1.33. The lowest BCUT2D eigenvalue weighted by Crippen LogP contribution is -2.15. The Morgan fingerprint density at radius 3 is 2.73 bits per heavy atom. The molecule has 1 heterocycles. The normalized spacial score (nSPS) is 10.3. The standard InChI is InChI=1S/C10H18N2O2S/c1-4-5-6-11-7-8-9(13-2)12-15-10(8)14-3/h11H,4-7H2,1-3H3. The van der Waals surface area contributed by atoms with Gasteiger partial charge in [0, 0.05) is 18.1 Å². The van der Waals surface area contributed by atoms with Crippen molar-refractivity contribution in [2.45, 2.75) is 26.3 Å². The minimum absolute atomic E-state index is 0.667. The van der Waals surface area contributed by atoms with Gasteiger partial charge in [-0.05, 0) is 13.0 Å². The second kappa shape index (κ2) is 6.63. The van der Waals surface area contributed by atoms with Crippen LogP contribution in [0.2, 0.25) is 0 Å². The molecule has 1 aromatic rings. The van der Waals surface area contributed by atoms with E-state index in [1.54, 1.807) is 14.2 Å². The van der Waals surface area contributed by atoms with Crippen LogP contribution in [0, 0.1) is 0 Å². The summed E-state index contributed by atoms with van der Waals surface area (Å²) < 4.78 is 14.5. The highest BCUT2D eigenvalue weighted by Gasteiger charge is 2.13. The maximum absolute atomic E-state index is 5.22. The van der Waals surface area contributed by atoms with Crippen molar-refractivity contribution < 1.29 is 9.47 Å². The van der Waals surface area contributed by atoms with Crippen LogP contribution in [0.5, 0.6) is 10.9 Å². The van der Waals surface area contributed by atoms with Gasteiger partial charge in [-0.2, -0.15) is 4.37 Å². The van der Waals surface area contributed by atoms with Crippen LogP contribution >= 0.6 is 11.5 Å². The van der Waals surface area contributed by atoms with Gasteiger partial charge in [0.25, 0.3) is 0 Å². The Hall–Kier alpha value is -0.810. The maximum Gasteiger partial charge on any atom is 0.233 e. The molecule has 1 N–H and O–H groups in total. The number of unbranched alkanes of at least 4 members (excludes halogenated alkanes) is 1. The fraction of sp³-hybridized carbons (Fsp3) is 0.700. The van der Waals surface area contributed by atoms with Crippen molar-refractivity contribution in [1.29, 1.82) is 0 Å². The molecule has 86 valence electrons. The first-order valence-corrected chi connectivity index (χ1v) is 5.88. The van der Waals surface area contributed by atoms with Crippen molar-refractivity contribution in [3.63, 3.8) is 0 Å². The average molecular weight is 230 g/mol. The van der Waals surface area contributed by atoms with Crippen LogP contribution in [-0.4, -0.2) is 25.1 Å². The third-order valence-corrected chi connectivity index (χ3v) is 2.94. The minimum atomic E-state index is 0.667. The number of rotatable bonds is 7. The van der Waals surface area contributed by atoms with Crippen molar-refractivity contribution in [3.8, 4) is 10.9 Å². The van der Waals surface area contributed by atoms with Crippen molar-refractivity contribution >= 4 is 11.5 Å². The maximum atomic E-state index is 5.22. The van der Waals surface area contributed by atoms with Gasteiger partial charge in [0.05, 0.1) is 19.8 Å². The molecule has 0 aliphatic carbocycles. The van der Waals surface area contributed by atoms with E-state index in [-0.39, 0.29) is 0 Å². The van der Waals surface area contributed by atoms with Crippen LogP contribution in [-0.2, 0) is 6.54 Å². The summed E-state index contributed by atoms with van der Waals surface area (Å²) in [4.78, 5) is 0. The van der Waals surface area contributed by atoms with Crippen LogP contribution in [0.15, 0.2) is 0 Å². The first-order chi connectivity index (χ1) is 7.33. The van der Waals surface area contributed by atoms with Crippen LogP contribution in [0.3, 0.4) is 0 Å². The van der Waals surface area contributed by atoms with Gasteiger partial charge in [-0.1, -0.05) is 13.3 Å². The molecule has 1 aromatic heterocycles. The van der Waals surface area contributed by atoms with Crippen molar-refractivity contribution in [1.82, 2.24) is 9.69 Å². The molecular weight excluding hydrogens is 212 g/mol.